The van der Waals surface area contributed by atoms with Crippen LogP contribution >= 0.6 is 22.9 Å². The van der Waals surface area contributed by atoms with Crippen molar-refractivity contribution in [1.82, 2.24) is 19.4 Å². The van der Waals surface area contributed by atoms with Crippen LogP contribution in [0.5, 0.6) is 0 Å². The molecule has 5 aromatic rings. The molecule has 1 atom stereocenters. The first-order chi connectivity index (χ1) is 24.0. The fourth-order valence-corrected chi connectivity index (χ4v) is 8.04. The van der Waals surface area contributed by atoms with Crippen LogP contribution in [0.1, 0.15) is 90.0 Å². The number of hydrogen-bond acceptors (Lipinski definition) is 8. The average Bonchev–Trinajstić information content (AvgIpc) is 3.63. The molecule has 0 radical (unpaired) electrons. The summed E-state index contributed by atoms with van der Waals surface area (Å²) in [5, 5.41) is 2.53. The maximum Gasteiger partial charge on any atom is 0.410 e. The molecule has 1 amide bonds. The van der Waals surface area contributed by atoms with Crippen LogP contribution in [0.2, 0.25) is 5.02 Å². The predicted octanol–water partition coefficient (Wildman–Crippen LogP) is 10.0. The third-order valence-corrected chi connectivity index (χ3v) is 10.4. The van der Waals surface area contributed by atoms with Gasteiger partial charge < -0.3 is 23.7 Å². The van der Waals surface area contributed by atoms with Crippen molar-refractivity contribution < 1.29 is 23.8 Å². The number of hydrogen-bond donors (Lipinski definition) is 0. The lowest BCUT2D eigenvalue weighted by Gasteiger charge is -2.33. The van der Waals surface area contributed by atoms with Gasteiger partial charge in [0, 0.05) is 59.6 Å². The Labute approximate surface area is 308 Å². The standard InChI is InChI=1S/C40H47ClN4O5S/c1-10-48-37(46)33(49-39(3,4)5)31-23(2)19-30-34(32(31)25-11-13-27(41)14-12-25)51-36(43-30)26-20-28-29(22-44(9)35(28)42-21-26)24-15-17-45(18-16-24)38(47)50-40(6,7)8/h11-14,19-22,24,33H,10,15-18H2,1-9H3/t33-/m0/s1. The lowest BCUT2D eigenvalue weighted by molar-refractivity contribution is -0.166. The summed E-state index contributed by atoms with van der Waals surface area (Å²) in [6, 6.07) is 11.9. The number of halogens is 1. The molecule has 1 aliphatic heterocycles. The molecule has 1 fully saturated rings. The Morgan fingerprint density at radius 2 is 1.71 bits per heavy atom. The third-order valence-electron chi connectivity index (χ3n) is 8.97. The Morgan fingerprint density at radius 3 is 2.33 bits per heavy atom. The normalized spacial score (nSPS) is 15.1. The first-order valence-electron chi connectivity index (χ1n) is 17.5. The van der Waals surface area contributed by atoms with Crippen molar-refractivity contribution in [1.29, 1.82) is 0 Å². The van der Waals surface area contributed by atoms with E-state index in [1.807, 2.05) is 96.9 Å². The minimum absolute atomic E-state index is 0.241. The number of fused-ring (bicyclic) bond motifs is 2. The molecule has 2 aromatic carbocycles. The summed E-state index contributed by atoms with van der Waals surface area (Å²) >= 11 is 7.90. The number of nitrogens with zero attached hydrogens (tertiary/aromatic N) is 4. The maximum absolute atomic E-state index is 13.6. The number of benzene rings is 2. The highest BCUT2D eigenvalue weighted by atomic mass is 35.5. The van der Waals surface area contributed by atoms with Gasteiger partial charge in [-0.1, -0.05) is 23.7 Å². The van der Waals surface area contributed by atoms with Gasteiger partial charge in [0.2, 0.25) is 0 Å². The van der Waals surface area contributed by atoms with E-state index in [0.29, 0.717) is 18.1 Å². The SMILES string of the molecule is CCOC(=O)[C@@H](OC(C)(C)C)c1c(C)cc2nc(-c3cnc4c(c3)c(C3CCN(C(=O)OC(C)(C)C)CC3)cn4C)sc2c1-c1ccc(Cl)cc1. The van der Waals surface area contributed by atoms with Gasteiger partial charge in [-0.05, 0) is 115 Å². The van der Waals surface area contributed by atoms with Crippen LogP contribution in [0, 0.1) is 6.92 Å². The highest BCUT2D eigenvalue weighted by molar-refractivity contribution is 7.22. The molecule has 0 unspecified atom stereocenters. The fraction of sp³-hybridized carbons (Fsp3) is 0.450. The number of rotatable bonds is 7. The molecule has 0 bridgehead atoms. The molecule has 11 heteroatoms. The first kappa shape index (κ1) is 36.8. The number of aromatic nitrogens is 3. The number of esters is 1. The molecule has 0 aliphatic carbocycles. The molecule has 0 spiro atoms. The van der Waals surface area contributed by atoms with Crippen LogP contribution in [-0.4, -0.2) is 62.4 Å². The van der Waals surface area contributed by atoms with Crippen molar-refractivity contribution >= 4 is 56.3 Å². The fourth-order valence-electron chi connectivity index (χ4n) is 6.80. The number of pyridine rings is 1. The number of carbonyl (C=O) groups is 2. The Balaban J connectivity index is 1.43. The van der Waals surface area contributed by atoms with Gasteiger partial charge in [-0.3, -0.25) is 0 Å². The highest BCUT2D eigenvalue weighted by Gasteiger charge is 2.34. The van der Waals surface area contributed by atoms with Gasteiger partial charge in [-0.25, -0.2) is 19.6 Å². The molecule has 0 saturated carbocycles. The summed E-state index contributed by atoms with van der Waals surface area (Å²) in [6.45, 7) is 16.8. The van der Waals surface area contributed by atoms with Gasteiger partial charge >= 0.3 is 12.1 Å². The van der Waals surface area contributed by atoms with E-state index in [1.165, 1.54) is 5.56 Å². The molecule has 6 rings (SSSR count). The molecule has 1 saturated heterocycles. The van der Waals surface area contributed by atoms with Gasteiger partial charge in [0.15, 0.2) is 6.10 Å². The topological polar surface area (TPSA) is 95.8 Å². The molecular formula is C40H47ClN4O5S. The van der Waals surface area contributed by atoms with Gasteiger partial charge in [0.1, 0.15) is 16.3 Å². The minimum Gasteiger partial charge on any atom is -0.464 e. The van der Waals surface area contributed by atoms with E-state index in [0.717, 1.165) is 66.9 Å². The Hall–Kier alpha value is -3.99. The summed E-state index contributed by atoms with van der Waals surface area (Å²) in [4.78, 5) is 38.2. The highest BCUT2D eigenvalue weighted by Crippen LogP contribution is 2.45. The van der Waals surface area contributed by atoms with E-state index in [4.69, 9.17) is 35.8 Å². The van der Waals surface area contributed by atoms with E-state index in [2.05, 4.69) is 16.8 Å². The summed E-state index contributed by atoms with van der Waals surface area (Å²) in [5.74, 6) is -0.151. The summed E-state index contributed by atoms with van der Waals surface area (Å²) < 4.78 is 20.6. The largest absolute Gasteiger partial charge is 0.464 e. The molecule has 4 heterocycles. The molecule has 3 aromatic heterocycles. The van der Waals surface area contributed by atoms with E-state index in [9.17, 15) is 9.59 Å². The number of piperidine rings is 1. The molecule has 270 valence electrons. The lowest BCUT2D eigenvalue weighted by atomic mass is 9.89. The molecular weight excluding hydrogens is 684 g/mol. The second-order valence-electron chi connectivity index (χ2n) is 15.3. The predicted molar refractivity (Wildman–Crippen MR) is 205 cm³/mol. The monoisotopic (exact) mass is 730 g/mol. The Bertz CT molecular complexity index is 2080. The summed E-state index contributed by atoms with van der Waals surface area (Å²) in [6.07, 6.45) is 4.54. The zero-order valence-electron chi connectivity index (χ0n) is 30.9. The zero-order valence-corrected chi connectivity index (χ0v) is 32.5. The Morgan fingerprint density at radius 1 is 1.02 bits per heavy atom. The number of amides is 1. The third kappa shape index (κ3) is 7.93. The van der Waals surface area contributed by atoms with Crippen molar-refractivity contribution in [2.45, 2.75) is 91.5 Å². The number of carbonyl (C=O) groups excluding carboxylic acids is 2. The number of ether oxygens (including phenoxy) is 3. The smallest absolute Gasteiger partial charge is 0.410 e. The number of aryl methyl sites for hydroxylation is 2. The van der Waals surface area contributed by atoms with E-state index in [-0.39, 0.29) is 18.6 Å². The van der Waals surface area contributed by atoms with Crippen LogP contribution in [0.4, 0.5) is 4.79 Å². The van der Waals surface area contributed by atoms with Crippen molar-refractivity contribution in [3.8, 4) is 21.7 Å². The molecule has 9 nitrogen and oxygen atoms in total. The van der Waals surface area contributed by atoms with Gasteiger partial charge in [0.25, 0.3) is 0 Å². The van der Waals surface area contributed by atoms with Crippen LogP contribution in [0.3, 0.4) is 0 Å². The minimum atomic E-state index is -0.947. The van der Waals surface area contributed by atoms with Gasteiger partial charge in [-0.2, -0.15) is 0 Å². The number of thiazole rings is 1. The van der Waals surface area contributed by atoms with Gasteiger partial charge in [-0.15, -0.1) is 11.3 Å². The molecule has 0 N–H and O–H groups in total. The van der Waals surface area contributed by atoms with Crippen LogP contribution in [0.25, 0.3) is 42.9 Å². The van der Waals surface area contributed by atoms with E-state index < -0.39 is 23.3 Å². The van der Waals surface area contributed by atoms with E-state index in [1.54, 1.807) is 18.3 Å². The Kier molecular flexibility index (Phi) is 10.2. The van der Waals surface area contributed by atoms with Crippen molar-refractivity contribution in [3.05, 3.63) is 70.5 Å². The van der Waals surface area contributed by atoms with Crippen molar-refractivity contribution in [2.75, 3.05) is 19.7 Å². The lowest BCUT2D eigenvalue weighted by Crippen LogP contribution is -2.41. The van der Waals surface area contributed by atoms with Gasteiger partial charge in [0.05, 0.1) is 22.4 Å². The van der Waals surface area contributed by atoms with Crippen LogP contribution in [0.15, 0.2) is 48.8 Å². The zero-order chi connectivity index (χ0) is 36.8. The maximum atomic E-state index is 13.6. The summed E-state index contributed by atoms with van der Waals surface area (Å²) in [7, 11) is 2.02. The molecule has 1 aliphatic rings. The second kappa shape index (κ2) is 14.2. The van der Waals surface area contributed by atoms with E-state index >= 15 is 0 Å². The summed E-state index contributed by atoms with van der Waals surface area (Å²) in [5.41, 5.74) is 6.14. The molecule has 51 heavy (non-hydrogen) atoms. The van der Waals surface area contributed by atoms with Crippen LogP contribution in [-0.2, 0) is 26.1 Å². The average molecular weight is 731 g/mol. The van der Waals surface area contributed by atoms with Crippen molar-refractivity contribution in [2.24, 2.45) is 7.05 Å². The van der Waals surface area contributed by atoms with Crippen molar-refractivity contribution in [3.63, 3.8) is 0 Å². The second-order valence-corrected chi connectivity index (χ2v) is 16.7. The quantitative estimate of drug-likeness (QED) is 0.154. The first-order valence-corrected chi connectivity index (χ1v) is 18.7. The number of likely N-dealkylation sites (tertiary alicyclic amines) is 1. The van der Waals surface area contributed by atoms with Crippen LogP contribution < -0.4 is 0 Å².